The van der Waals surface area contributed by atoms with Gasteiger partial charge in [-0.2, -0.15) is 0 Å². The second kappa shape index (κ2) is 5.82. The molecule has 0 unspecified atom stereocenters. The predicted octanol–water partition coefficient (Wildman–Crippen LogP) is 3.35. The Morgan fingerprint density at radius 2 is 1.91 bits per heavy atom. The van der Waals surface area contributed by atoms with Crippen LogP contribution in [0.1, 0.15) is 20.7 Å². The minimum absolute atomic E-state index is 0.160. The zero-order valence-electron chi connectivity index (χ0n) is 11.1. The number of hydrogen-bond acceptors (Lipinski definition) is 5. The number of carbonyl (C=O) groups is 2. The molecule has 3 aromatic rings. The largest absolute Gasteiger partial charge is 0.477 e. The third-order valence-electron chi connectivity index (χ3n) is 2.92. The van der Waals surface area contributed by atoms with Crippen LogP contribution in [0.2, 0.25) is 0 Å². The summed E-state index contributed by atoms with van der Waals surface area (Å²) < 4.78 is 5.02. The molecule has 0 fully saturated rings. The molecule has 0 aliphatic heterocycles. The van der Waals surface area contributed by atoms with Crippen molar-refractivity contribution in [1.29, 1.82) is 0 Å². The number of benzene rings is 1. The number of thiophene rings is 1. The predicted molar refractivity (Wildman–Crippen MR) is 81.2 cm³/mol. The number of carbonyl (C=O) groups excluding carboxylic acids is 1. The van der Waals surface area contributed by atoms with Crippen LogP contribution in [-0.2, 0) is 0 Å². The number of carboxylic acid groups (broad SMARTS) is 1. The number of carboxylic acids is 1. The summed E-state index contributed by atoms with van der Waals surface area (Å²) in [6, 6.07) is 12.0. The molecular formula is C15H10N2O4S. The van der Waals surface area contributed by atoms with Gasteiger partial charge in [-0.3, -0.25) is 10.1 Å². The Morgan fingerprint density at radius 1 is 1.14 bits per heavy atom. The normalized spacial score (nSPS) is 10.4. The molecule has 7 heteroatoms. The SMILES string of the molecule is O=C(Nc1onc(-c2cccs2)c1C(=O)O)c1ccccc1. The van der Waals surface area contributed by atoms with Crippen molar-refractivity contribution in [3.8, 4) is 10.6 Å². The monoisotopic (exact) mass is 314 g/mol. The fourth-order valence-corrected chi connectivity index (χ4v) is 2.63. The number of amides is 1. The van der Waals surface area contributed by atoms with Crippen molar-refractivity contribution in [2.24, 2.45) is 0 Å². The van der Waals surface area contributed by atoms with E-state index in [1.54, 1.807) is 47.8 Å². The number of nitrogens with one attached hydrogen (secondary N) is 1. The van der Waals surface area contributed by atoms with Crippen molar-refractivity contribution in [1.82, 2.24) is 5.16 Å². The van der Waals surface area contributed by atoms with E-state index < -0.39 is 11.9 Å². The summed E-state index contributed by atoms with van der Waals surface area (Å²) in [5.74, 6) is -1.85. The van der Waals surface area contributed by atoms with Crippen LogP contribution >= 0.6 is 11.3 Å². The van der Waals surface area contributed by atoms with Gasteiger partial charge in [0.1, 0.15) is 5.69 Å². The van der Waals surface area contributed by atoms with Crippen LogP contribution in [0.15, 0.2) is 52.4 Å². The highest BCUT2D eigenvalue weighted by Crippen LogP contribution is 2.31. The lowest BCUT2D eigenvalue weighted by Crippen LogP contribution is -2.13. The molecule has 0 saturated carbocycles. The highest BCUT2D eigenvalue weighted by molar-refractivity contribution is 7.13. The summed E-state index contributed by atoms with van der Waals surface area (Å²) >= 11 is 1.34. The van der Waals surface area contributed by atoms with E-state index in [1.165, 1.54) is 11.3 Å². The minimum Gasteiger partial charge on any atom is -0.477 e. The van der Waals surface area contributed by atoms with Gasteiger partial charge < -0.3 is 9.63 Å². The van der Waals surface area contributed by atoms with Crippen molar-refractivity contribution in [2.45, 2.75) is 0 Å². The second-order valence-corrected chi connectivity index (χ2v) is 5.29. The third kappa shape index (κ3) is 2.61. The molecule has 2 N–H and O–H groups in total. The quantitative estimate of drug-likeness (QED) is 0.770. The maximum atomic E-state index is 12.1. The molecule has 3 rings (SSSR count). The number of rotatable bonds is 4. The van der Waals surface area contributed by atoms with E-state index >= 15 is 0 Å². The average Bonchev–Trinajstić information content (AvgIpc) is 3.16. The maximum Gasteiger partial charge on any atom is 0.343 e. The molecule has 0 bridgehead atoms. The third-order valence-corrected chi connectivity index (χ3v) is 3.80. The fourth-order valence-electron chi connectivity index (χ4n) is 1.92. The molecule has 2 heterocycles. The van der Waals surface area contributed by atoms with Crippen LogP contribution in [0, 0.1) is 0 Å². The van der Waals surface area contributed by atoms with Crippen molar-refractivity contribution in [3.63, 3.8) is 0 Å². The summed E-state index contributed by atoms with van der Waals surface area (Å²) in [5.41, 5.74) is 0.436. The maximum absolute atomic E-state index is 12.1. The molecule has 0 aliphatic rings. The zero-order valence-corrected chi connectivity index (χ0v) is 12.0. The van der Waals surface area contributed by atoms with Crippen LogP contribution in [-0.4, -0.2) is 22.1 Å². The minimum atomic E-state index is -1.21. The molecule has 2 aromatic heterocycles. The van der Waals surface area contributed by atoms with Gasteiger partial charge in [-0.1, -0.05) is 29.4 Å². The Balaban J connectivity index is 1.95. The first-order valence-corrected chi connectivity index (χ1v) is 7.18. The molecule has 0 radical (unpaired) electrons. The molecule has 0 saturated heterocycles. The molecule has 1 aromatic carbocycles. The summed E-state index contributed by atoms with van der Waals surface area (Å²) in [4.78, 5) is 24.2. The van der Waals surface area contributed by atoms with Crippen LogP contribution in [0.3, 0.4) is 0 Å². The van der Waals surface area contributed by atoms with Gasteiger partial charge >= 0.3 is 5.97 Å². The molecule has 0 atom stereocenters. The van der Waals surface area contributed by atoms with Crippen molar-refractivity contribution >= 4 is 29.1 Å². The van der Waals surface area contributed by atoms with Crippen LogP contribution in [0.4, 0.5) is 5.88 Å². The van der Waals surface area contributed by atoms with Crippen molar-refractivity contribution in [3.05, 3.63) is 59.0 Å². The second-order valence-electron chi connectivity index (χ2n) is 4.34. The summed E-state index contributed by atoms with van der Waals surface area (Å²) in [6.45, 7) is 0. The number of hydrogen-bond donors (Lipinski definition) is 2. The molecule has 22 heavy (non-hydrogen) atoms. The zero-order chi connectivity index (χ0) is 15.5. The van der Waals surface area contributed by atoms with Gasteiger partial charge in [0.15, 0.2) is 5.56 Å². The Kier molecular flexibility index (Phi) is 3.71. The van der Waals surface area contributed by atoms with E-state index in [4.69, 9.17) is 4.52 Å². The number of anilines is 1. The van der Waals surface area contributed by atoms with Gasteiger partial charge in [0, 0.05) is 5.56 Å². The summed E-state index contributed by atoms with van der Waals surface area (Å²) in [7, 11) is 0. The summed E-state index contributed by atoms with van der Waals surface area (Å²) in [6.07, 6.45) is 0. The van der Waals surface area contributed by atoms with Crippen LogP contribution in [0.5, 0.6) is 0 Å². The van der Waals surface area contributed by atoms with E-state index in [9.17, 15) is 14.7 Å². The van der Waals surface area contributed by atoms with E-state index in [-0.39, 0.29) is 17.1 Å². The van der Waals surface area contributed by atoms with Crippen LogP contribution < -0.4 is 5.32 Å². The van der Waals surface area contributed by atoms with E-state index in [0.29, 0.717) is 10.4 Å². The Hall–Kier alpha value is -2.93. The highest BCUT2D eigenvalue weighted by atomic mass is 32.1. The molecule has 110 valence electrons. The summed E-state index contributed by atoms with van der Waals surface area (Å²) in [5, 5.41) is 17.4. The molecule has 6 nitrogen and oxygen atoms in total. The lowest BCUT2D eigenvalue weighted by atomic mass is 10.2. The van der Waals surface area contributed by atoms with Crippen molar-refractivity contribution < 1.29 is 19.2 Å². The fraction of sp³-hybridized carbons (Fsp3) is 0. The number of aromatic nitrogens is 1. The molecular weight excluding hydrogens is 304 g/mol. The average molecular weight is 314 g/mol. The first kappa shape index (κ1) is 14.0. The van der Waals surface area contributed by atoms with Gasteiger partial charge in [0.2, 0.25) is 5.88 Å². The topological polar surface area (TPSA) is 92.4 Å². The Bertz CT molecular complexity index is 809. The Morgan fingerprint density at radius 3 is 2.55 bits per heavy atom. The standard InChI is InChI=1S/C15H10N2O4S/c18-13(9-5-2-1-3-6-9)16-14-11(15(19)20)12(17-21-14)10-7-4-8-22-10/h1-8H,(H,16,18)(H,19,20). The van der Waals surface area contributed by atoms with E-state index in [1.807, 2.05) is 0 Å². The Labute approximate surface area is 129 Å². The van der Waals surface area contributed by atoms with Gasteiger partial charge in [-0.15, -0.1) is 11.3 Å². The number of nitrogens with zero attached hydrogens (tertiary/aromatic N) is 1. The van der Waals surface area contributed by atoms with E-state index in [2.05, 4.69) is 10.5 Å². The van der Waals surface area contributed by atoms with Crippen LogP contribution in [0.25, 0.3) is 10.6 Å². The van der Waals surface area contributed by atoms with Gasteiger partial charge in [-0.05, 0) is 23.6 Å². The number of aromatic carboxylic acids is 1. The molecule has 0 spiro atoms. The lowest BCUT2D eigenvalue weighted by molar-refractivity contribution is 0.0698. The lowest BCUT2D eigenvalue weighted by Gasteiger charge is -2.02. The smallest absolute Gasteiger partial charge is 0.343 e. The van der Waals surface area contributed by atoms with Gasteiger partial charge in [0.05, 0.1) is 4.88 Å². The molecule has 1 amide bonds. The van der Waals surface area contributed by atoms with Crippen molar-refractivity contribution in [2.75, 3.05) is 5.32 Å². The first-order valence-electron chi connectivity index (χ1n) is 6.30. The van der Waals surface area contributed by atoms with Gasteiger partial charge in [0.25, 0.3) is 5.91 Å². The molecule has 0 aliphatic carbocycles. The highest BCUT2D eigenvalue weighted by Gasteiger charge is 2.25. The van der Waals surface area contributed by atoms with E-state index in [0.717, 1.165) is 0 Å². The first-order chi connectivity index (χ1) is 10.7. The van der Waals surface area contributed by atoms with Gasteiger partial charge in [-0.25, -0.2) is 4.79 Å².